The first-order chi connectivity index (χ1) is 7.97. The molecule has 0 fully saturated rings. The molecule has 1 aromatic heterocycles. The highest BCUT2D eigenvalue weighted by Gasteiger charge is 2.16. The van der Waals surface area contributed by atoms with Gasteiger partial charge in [-0.1, -0.05) is 32.4 Å². The van der Waals surface area contributed by atoms with Crippen LogP contribution in [0.4, 0.5) is 0 Å². The summed E-state index contributed by atoms with van der Waals surface area (Å²) >= 11 is 6.23. The number of nitrogens with one attached hydrogen (secondary N) is 1. The number of aryl methyl sites for hydroxylation is 2. The molecule has 0 bridgehead atoms. The molecular formula is C13H24ClN3. The molecule has 0 aromatic carbocycles. The summed E-state index contributed by atoms with van der Waals surface area (Å²) in [5.41, 5.74) is 2.24. The normalized spacial score (nSPS) is 13.4. The molecule has 1 aromatic rings. The quantitative estimate of drug-likeness (QED) is 0.849. The van der Waals surface area contributed by atoms with Crippen LogP contribution in [0.15, 0.2) is 0 Å². The van der Waals surface area contributed by atoms with Crippen molar-refractivity contribution in [2.24, 2.45) is 13.0 Å². The van der Waals surface area contributed by atoms with Crippen molar-refractivity contribution in [3.05, 3.63) is 16.4 Å². The van der Waals surface area contributed by atoms with Gasteiger partial charge in [-0.25, -0.2) is 0 Å². The topological polar surface area (TPSA) is 29.9 Å². The molecule has 0 saturated carbocycles. The van der Waals surface area contributed by atoms with E-state index in [0.717, 1.165) is 30.2 Å². The predicted octanol–water partition coefficient (Wildman–Crippen LogP) is 2.95. The summed E-state index contributed by atoms with van der Waals surface area (Å²) in [6, 6.07) is 0.552. The highest BCUT2D eigenvalue weighted by atomic mass is 35.5. The van der Waals surface area contributed by atoms with E-state index in [1.54, 1.807) is 4.68 Å². The fourth-order valence-corrected chi connectivity index (χ4v) is 2.46. The molecule has 17 heavy (non-hydrogen) atoms. The number of nitrogens with zero attached hydrogens (tertiary/aromatic N) is 2. The molecule has 0 saturated heterocycles. The Morgan fingerprint density at radius 2 is 2.06 bits per heavy atom. The Kier molecular flexibility index (Phi) is 5.47. The minimum Gasteiger partial charge on any atom is -0.314 e. The SMILES string of the molecule is CCNC(CCc1c(C)nn(C)c1Cl)C(C)C. The molecule has 1 N–H and O–H groups in total. The zero-order valence-corrected chi connectivity index (χ0v) is 12.3. The van der Waals surface area contributed by atoms with Gasteiger partial charge >= 0.3 is 0 Å². The van der Waals surface area contributed by atoms with E-state index in [2.05, 4.69) is 31.2 Å². The maximum absolute atomic E-state index is 6.23. The molecule has 3 nitrogen and oxygen atoms in total. The highest BCUT2D eigenvalue weighted by molar-refractivity contribution is 6.30. The van der Waals surface area contributed by atoms with Gasteiger partial charge in [-0.3, -0.25) is 4.68 Å². The van der Waals surface area contributed by atoms with E-state index < -0.39 is 0 Å². The molecule has 1 unspecified atom stereocenters. The smallest absolute Gasteiger partial charge is 0.130 e. The van der Waals surface area contributed by atoms with Gasteiger partial charge in [0, 0.05) is 18.7 Å². The van der Waals surface area contributed by atoms with Crippen LogP contribution in [-0.4, -0.2) is 22.4 Å². The molecule has 98 valence electrons. The summed E-state index contributed by atoms with van der Waals surface area (Å²) in [4.78, 5) is 0. The predicted molar refractivity (Wildman–Crippen MR) is 73.6 cm³/mol. The summed E-state index contributed by atoms with van der Waals surface area (Å²) in [5.74, 6) is 0.644. The van der Waals surface area contributed by atoms with E-state index in [1.807, 2.05) is 14.0 Å². The lowest BCUT2D eigenvalue weighted by Crippen LogP contribution is -2.34. The van der Waals surface area contributed by atoms with E-state index in [-0.39, 0.29) is 0 Å². The van der Waals surface area contributed by atoms with Gasteiger partial charge in [-0.05, 0) is 32.2 Å². The molecule has 4 heteroatoms. The summed E-state index contributed by atoms with van der Waals surface area (Å²) in [6.45, 7) is 9.70. The number of hydrogen-bond donors (Lipinski definition) is 1. The van der Waals surface area contributed by atoms with Gasteiger partial charge in [0.15, 0.2) is 0 Å². The number of halogens is 1. The highest BCUT2D eigenvalue weighted by Crippen LogP contribution is 2.21. The van der Waals surface area contributed by atoms with Crippen molar-refractivity contribution < 1.29 is 0 Å². The Labute approximate surface area is 110 Å². The Morgan fingerprint density at radius 3 is 2.47 bits per heavy atom. The van der Waals surface area contributed by atoms with Crippen molar-refractivity contribution in [2.45, 2.75) is 46.6 Å². The average molecular weight is 258 g/mol. The lowest BCUT2D eigenvalue weighted by molar-refractivity contribution is 0.385. The third-order valence-electron chi connectivity index (χ3n) is 3.25. The molecule has 1 rings (SSSR count). The summed E-state index contributed by atoms with van der Waals surface area (Å²) in [7, 11) is 1.89. The van der Waals surface area contributed by atoms with Crippen molar-refractivity contribution in [3.8, 4) is 0 Å². The number of aromatic nitrogens is 2. The van der Waals surface area contributed by atoms with Crippen LogP contribution in [0, 0.1) is 12.8 Å². The van der Waals surface area contributed by atoms with Crippen molar-refractivity contribution >= 4 is 11.6 Å². The second-order valence-electron chi connectivity index (χ2n) is 4.93. The molecule has 0 spiro atoms. The third-order valence-corrected chi connectivity index (χ3v) is 3.72. The van der Waals surface area contributed by atoms with Gasteiger partial charge < -0.3 is 5.32 Å². The summed E-state index contributed by atoms with van der Waals surface area (Å²) in [5, 5.41) is 8.65. The minimum atomic E-state index is 0.552. The standard InChI is InChI=1S/C13H24ClN3/c1-6-15-12(9(2)3)8-7-11-10(4)16-17(5)13(11)14/h9,12,15H,6-8H2,1-5H3. The molecule has 1 atom stereocenters. The van der Waals surface area contributed by atoms with Crippen LogP contribution >= 0.6 is 11.6 Å². The van der Waals surface area contributed by atoms with Gasteiger partial charge in [0.2, 0.25) is 0 Å². The first-order valence-electron chi connectivity index (χ1n) is 6.38. The molecule has 0 radical (unpaired) electrons. The first-order valence-corrected chi connectivity index (χ1v) is 6.76. The maximum atomic E-state index is 6.23. The van der Waals surface area contributed by atoms with Crippen LogP contribution in [0.25, 0.3) is 0 Å². The maximum Gasteiger partial charge on any atom is 0.130 e. The molecular weight excluding hydrogens is 234 g/mol. The zero-order chi connectivity index (χ0) is 13.0. The van der Waals surface area contributed by atoms with E-state index in [1.165, 1.54) is 5.56 Å². The second kappa shape index (κ2) is 6.41. The van der Waals surface area contributed by atoms with E-state index in [0.29, 0.717) is 12.0 Å². The van der Waals surface area contributed by atoms with Crippen molar-refractivity contribution in [1.29, 1.82) is 0 Å². The fourth-order valence-electron chi connectivity index (χ4n) is 2.19. The molecule has 0 aliphatic carbocycles. The zero-order valence-electron chi connectivity index (χ0n) is 11.5. The van der Waals surface area contributed by atoms with Crippen LogP contribution in [-0.2, 0) is 13.5 Å². The van der Waals surface area contributed by atoms with E-state index >= 15 is 0 Å². The van der Waals surface area contributed by atoms with Crippen LogP contribution < -0.4 is 5.32 Å². The van der Waals surface area contributed by atoms with Gasteiger partial charge in [0.25, 0.3) is 0 Å². The Bertz CT molecular complexity index is 358. The Morgan fingerprint density at radius 1 is 1.41 bits per heavy atom. The van der Waals surface area contributed by atoms with Crippen LogP contribution in [0.3, 0.4) is 0 Å². The van der Waals surface area contributed by atoms with Crippen molar-refractivity contribution in [2.75, 3.05) is 6.54 Å². The Balaban J connectivity index is 2.65. The third kappa shape index (κ3) is 3.71. The molecule has 0 aliphatic rings. The lowest BCUT2D eigenvalue weighted by Gasteiger charge is -2.21. The van der Waals surface area contributed by atoms with Gasteiger partial charge in [0.05, 0.1) is 5.69 Å². The first kappa shape index (κ1) is 14.5. The van der Waals surface area contributed by atoms with Crippen LogP contribution in [0.1, 0.15) is 38.4 Å². The minimum absolute atomic E-state index is 0.552. The van der Waals surface area contributed by atoms with Gasteiger partial charge in [-0.2, -0.15) is 5.10 Å². The van der Waals surface area contributed by atoms with Crippen molar-refractivity contribution in [1.82, 2.24) is 15.1 Å². The summed E-state index contributed by atoms with van der Waals surface area (Å²) < 4.78 is 1.75. The monoisotopic (exact) mass is 257 g/mol. The number of rotatable bonds is 6. The summed E-state index contributed by atoms with van der Waals surface area (Å²) in [6.07, 6.45) is 2.10. The van der Waals surface area contributed by atoms with Crippen molar-refractivity contribution in [3.63, 3.8) is 0 Å². The fraction of sp³-hybridized carbons (Fsp3) is 0.769. The van der Waals surface area contributed by atoms with Gasteiger partial charge in [-0.15, -0.1) is 0 Å². The second-order valence-corrected chi connectivity index (χ2v) is 5.28. The van der Waals surface area contributed by atoms with Crippen LogP contribution in [0.5, 0.6) is 0 Å². The molecule has 0 aliphatic heterocycles. The van der Waals surface area contributed by atoms with E-state index in [4.69, 9.17) is 11.6 Å². The van der Waals surface area contributed by atoms with Gasteiger partial charge in [0.1, 0.15) is 5.15 Å². The van der Waals surface area contributed by atoms with Crippen LogP contribution in [0.2, 0.25) is 5.15 Å². The molecule has 1 heterocycles. The number of hydrogen-bond acceptors (Lipinski definition) is 2. The molecule has 0 amide bonds. The average Bonchev–Trinajstić information content (AvgIpc) is 2.49. The largest absolute Gasteiger partial charge is 0.314 e. The Hall–Kier alpha value is -0.540. The lowest BCUT2D eigenvalue weighted by atomic mass is 9.97. The van der Waals surface area contributed by atoms with E-state index in [9.17, 15) is 0 Å².